The normalized spacial score (nSPS) is 13.7. The van der Waals surface area contributed by atoms with Gasteiger partial charge in [0.05, 0.1) is 28.4 Å². The number of ether oxygens (including phenoxy) is 4. The standard InChI is InChI=1S/C24H26O4/c1-25-21-13-7-17(15-23(21)27-3)5-9-19-11-12-20(19)10-6-18-8-14-22(26-2)24(16-18)28-4/h5-10,13-16H,11-12H2,1-4H3/b9-5+,10-6+. The third-order valence-electron chi connectivity index (χ3n) is 4.85. The summed E-state index contributed by atoms with van der Waals surface area (Å²) in [5.41, 5.74) is 4.87. The third-order valence-corrected chi connectivity index (χ3v) is 4.85. The molecule has 0 atom stereocenters. The first kappa shape index (κ1) is 19.6. The first-order valence-electron chi connectivity index (χ1n) is 9.20. The van der Waals surface area contributed by atoms with E-state index in [4.69, 9.17) is 18.9 Å². The van der Waals surface area contributed by atoms with E-state index in [0.717, 1.165) is 47.0 Å². The van der Waals surface area contributed by atoms with E-state index in [9.17, 15) is 0 Å². The molecule has 0 amide bonds. The van der Waals surface area contributed by atoms with Crippen molar-refractivity contribution in [3.8, 4) is 23.0 Å². The van der Waals surface area contributed by atoms with Crippen LogP contribution in [-0.4, -0.2) is 28.4 Å². The summed E-state index contributed by atoms with van der Waals surface area (Å²) in [6.45, 7) is 0. The van der Waals surface area contributed by atoms with Crippen LogP contribution < -0.4 is 18.9 Å². The van der Waals surface area contributed by atoms with Crippen LogP contribution in [0.5, 0.6) is 23.0 Å². The first-order valence-corrected chi connectivity index (χ1v) is 9.20. The molecule has 0 N–H and O–H groups in total. The number of allylic oxidation sites excluding steroid dienone is 4. The molecule has 2 aromatic carbocycles. The van der Waals surface area contributed by atoms with E-state index in [1.165, 1.54) is 11.1 Å². The molecule has 0 spiro atoms. The van der Waals surface area contributed by atoms with Crippen molar-refractivity contribution in [3.63, 3.8) is 0 Å². The lowest BCUT2D eigenvalue weighted by Crippen LogP contribution is -1.99. The molecule has 146 valence electrons. The Morgan fingerprint density at radius 1 is 0.536 bits per heavy atom. The van der Waals surface area contributed by atoms with Crippen molar-refractivity contribution in [1.82, 2.24) is 0 Å². The summed E-state index contributed by atoms with van der Waals surface area (Å²) in [7, 11) is 6.58. The van der Waals surface area contributed by atoms with Crippen LogP contribution in [0.25, 0.3) is 12.2 Å². The molecule has 0 fully saturated rings. The summed E-state index contributed by atoms with van der Waals surface area (Å²) < 4.78 is 21.3. The Morgan fingerprint density at radius 2 is 0.929 bits per heavy atom. The third kappa shape index (κ3) is 4.39. The van der Waals surface area contributed by atoms with Crippen LogP contribution in [-0.2, 0) is 0 Å². The first-order chi connectivity index (χ1) is 13.7. The van der Waals surface area contributed by atoms with E-state index >= 15 is 0 Å². The van der Waals surface area contributed by atoms with Crippen LogP contribution >= 0.6 is 0 Å². The van der Waals surface area contributed by atoms with Crippen molar-refractivity contribution in [1.29, 1.82) is 0 Å². The molecule has 0 saturated heterocycles. The van der Waals surface area contributed by atoms with Crippen LogP contribution in [0.4, 0.5) is 0 Å². The fraction of sp³-hybridized carbons (Fsp3) is 0.250. The van der Waals surface area contributed by atoms with E-state index in [1.807, 2.05) is 36.4 Å². The Hall–Kier alpha value is -3.14. The van der Waals surface area contributed by atoms with Crippen molar-refractivity contribution >= 4 is 12.2 Å². The highest BCUT2D eigenvalue weighted by atomic mass is 16.5. The van der Waals surface area contributed by atoms with Crippen LogP contribution in [0, 0.1) is 0 Å². The molecule has 4 nitrogen and oxygen atoms in total. The van der Waals surface area contributed by atoms with Gasteiger partial charge in [0.15, 0.2) is 23.0 Å². The molecule has 4 heteroatoms. The van der Waals surface area contributed by atoms with Crippen LogP contribution in [0.3, 0.4) is 0 Å². The molecule has 1 aliphatic rings. The zero-order chi connectivity index (χ0) is 19.9. The predicted octanol–water partition coefficient (Wildman–Crippen LogP) is 5.54. The monoisotopic (exact) mass is 378 g/mol. The summed E-state index contributed by atoms with van der Waals surface area (Å²) >= 11 is 0. The van der Waals surface area contributed by atoms with Gasteiger partial charge >= 0.3 is 0 Å². The Bertz CT molecular complexity index is 847. The lowest BCUT2D eigenvalue weighted by molar-refractivity contribution is 0.355. The van der Waals surface area contributed by atoms with E-state index in [1.54, 1.807) is 28.4 Å². The molecular weight excluding hydrogens is 352 g/mol. The molecule has 3 rings (SSSR count). The van der Waals surface area contributed by atoms with Gasteiger partial charge in [-0.15, -0.1) is 0 Å². The van der Waals surface area contributed by atoms with Crippen molar-refractivity contribution < 1.29 is 18.9 Å². The van der Waals surface area contributed by atoms with Gasteiger partial charge in [-0.1, -0.05) is 36.4 Å². The highest BCUT2D eigenvalue weighted by Crippen LogP contribution is 2.33. The Labute approximate surface area is 166 Å². The smallest absolute Gasteiger partial charge is 0.161 e. The average Bonchev–Trinajstić information content (AvgIpc) is 2.72. The zero-order valence-electron chi connectivity index (χ0n) is 16.8. The number of rotatable bonds is 8. The lowest BCUT2D eigenvalue weighted by atomic mass is 9.87. The Kier molecular flexibility index (Phi) is 6.43. The summed E-state index contributed by atoms with van der Waals surface area (Å²) in [4.78, 5) is 0. The fourth-order valence-electron chi connectivity index (χ4n) is 3.10. The maximum Gasteiger partial charge on any atom is 0.161 e. The van der Waals surface area contributed by atoms with E-state index in [-0.39, 0.29) is 0 Å². The van der Waals surface area contributed by atoms with Gasteiger partial charge in [-0.25, -0.2) is 0 Å². The topological polar surface area (TPSA) is 36.9 Å². The minimum atomic E-state index is 0.737. The highest BCUT2D eigenvalue weighted by Gasteiger charge is 2.12. The SMILES string of the molecule is COc1ccc(/C=C/C2=C(/C=C/c3ccc(OC)c(OC)c3)CC2)cc1OC. The van der Waals surface area contributed by atoms with E-state index in [0.29, 0.717) is 0 Å². The zero-order valence-corrected chi connectivity index (χ0v) is 16.8. The summed E-state index contributed by atoms with van der Waals surface area (Å²) in [6.07, 6.45) is 10.8. The minimum absolute atomic E-state index is 0.737. The number of benzene rings is 2. The largest absolute Gasteiger partial charge is 0.493 e. The molecule has 1 aliphatic carbocycles. The van der Waals surface area contributed by atoms with Crippen molar-refractivity contribution in [3.05, 3.63) is 70.8 Å². The lowest BCUT2D eigenvalue weighted by Gasteiger charge is -2.18. The maximum atomic E-state index is 5.37. The number of hydrogen-bond donors (Lipinski definition) is 0. The Morgan fingerprint density at radius 3 is 1.25 bits per heavy atom. The van der Waals surface area contributed by atoms with Gasteiger partial charge in [-0.2, -0.15) is 0 Å². The molecule has 2 aromatic rings. The van der Waals surface area contributed by atoms with E-state index in [2.05, 4.69) is 24.3 Å². The second-order valence-electron chi connectivity index (χ2n) is 6.45. The highest BCUT2D eigenvalue weighted by molar-refractivity contribution is 5.63. The molecule has 0 aliphatic heterocycles. The maximum absolute atomic E-state index is 5.37. The summed E-state index contributed by atoms with van der Waals surface area (Å²) in [5, 5.41) is 0. The molecule has 0 saturated carbocycles. The Balaban J connectivity index is 1.74. The van der Waals surface area contributed by atoms with Crippen LogP contribution in [0.2, 0.25) is 0 Å². The van der Waals surface area contributed by atoms with Crippen molar-refractivity contribution in [2.24, 2.45) is 0 Å². The predicted molar refractivity (Wildman–Crippen MR) is 113 cm³/mol. The van der Waals surface area contributed by atoms with Gasteiger partial charge in [-0.3, -0.25) is 0 Å². The van der Waals surface area contributed by atoms with Gasteiger partial charge in [0.1, 0.15) is 0 Å². The molecule has 0 heterocycles. The van der Waals surface area contributed by atoms with E-state index < -0.39 is 0 Å². The average molecular weight is 378 g/mol. The number of methoxy groups -OCH3 is 4. The van der Waals surface area contributed by atoms with Crippen LogP contribution in [0.1, 0.15) is 24.0 Å². The fourth-order valence-corrected chi connectivity index (χ4v) is 3.10. The van der Waals surface area contributed by atoms with Gasteiger partial charge in [0, 0.05) is 0 Å². The van der Waals surface area contributed by atoms with Crippen LogP contribution in [0.15, 0.2) is 59.7 Å². The molecule has 0 bridgehead atoms. The molecule has 0 unspecified atom stereocenters. The summed E-state index contributed by atoms with van der Waals surface area (Å²) in [5.74, 6) is 2.95. The second kappa shape index (κ2) is 9.18. The van der Waals surface area contributed by atoms with Crippen molar-refractivity contribution in [2.75, 3.05) is 28.4 Å². The summed E-state index contributed by atoms with van der Waals surface area (Å²) in [6, 6.07) is 11.9. The number of hydrogen-bond acceptors (Lipinski definition) is 4. The van der Waals surface area contributed by atoms with Gasteiger partial charge in [-0.05, 0) is 59.4 Å². The quantitative estimate of drug-likeness (QED) is 0.604. The van der Waals surface area contributed by atoms with Crippen molar-refractivity contribution in [2.45, 2.75) is 12.8 Å². The molecular formula is C24H26O4. The second-order valence-corrected chi connectivity index (χ2v) is 6.45. The van der Waals surface area contributed by atoms with Gasteiger partial charge < -0.3 is 18.9 Å². The van der Waals surface area contributed by atoms with Gasteiger partial charge in [0.25, 0.3) is 0 Å². The molecule has 0 radical (unpaired) electrons. The minimum Gasteiger partial charge on any atom is -0.493 e. The molecule has 28 heavy (non-hydrogen) atoms. The molecule has 0 aromatic heterocycles. The van der Waals surface area contributed by atoms with Gasteiger partial charge in [0.2, 0.25) is 0 Å².